The van der Waals surface area contributed by atoms with E-state index in [0.717, 1.165) is 44.5 Å². The lowest BCUT2D eigenvalue weighted by Gasteiger charge is -2.27. The van der Waals surface area contributed by atoms with Crippen LogP contribution in [0.5, 0.6) is 0 Å². The van der Waals surface area contributed by atoms with E-state index in [0.29, 0.717) is 6.54 Å². The molecule has 0 radical (unpaired) electrons. The quantitative estimate of drug-likeness (QED) is 0.857. The summed E-state index contributed by atoms with van der Waals surface area (Å²) in [5.74, 6) is 0.238. The molecule has 1 amide bonds. The van der Waals surface area contributed by atoms with Crippen molar-refractivity contribution in [1.82, 2.24) is 20.4 Å². The molecular weight excluding hydrogens is 252 g/mol. The highest BCUT2D eigenvalue weighted by molar-refractivity contribution is 5.86. The first-order chi connectivity index (χ1) is 9.57. The molecule has 2 fully saturated rings. The Bertz CT molecular complexity index is 504. The highest BCUT2D eigenvalue weighted by atomic mass is 16.2. The maximum absolute atomic E-state index is 12.5. The molecule has 1 aromatic rings. The van der Waals surface area contributed by atoms with E-state index in [1.807, 2.05) is 17.8 Å². The molecule has 1 aliphatic heterocycles. The summed E-state index contributed by atoms with van der Waals surface area (Å²) in [6.45, 7) is 4.94. The van der Waals surface area contributed by atoms with Crippen LogP contribution in [0.3, 0.4) is 0 Å². The van der Waals surface area contributed by atoms with Gasteiger partial charge in [0.1, 0.15) is 0 Å². The second-order valence-corrected chi connectivity index (χ2v) is 6.49. The number of amides is 1. The van der Waals surface area contributed by atoms with E-state index in [-0.39, 0.29) is 16.7 Å². The minimum atomic E-state index is -0.137. The fourth-order valence-corrected chi connectivity index (χ4v) is 3.73. The SMILES string of the molecule is Cn1nccc1CCNC(=O)C1(C)CC12CCNCC2. The van der Waals surface area contributed by atoms with Gasteiger partial charge >= 0.3 is 0 Å². The van der Waals surface area contributed by atoms with Crippen LogP contribution in [0.4, 0.5) is 0 Å². The molecule has 1 saturated heterocycles. The van der Waals surface area contributed by atoms with Gasteiger partial charge in [0.2, 0.25) is 5.91 Å². The van der Waals surface area contributed by atoms with Gasteiger partial charge in [-0.2, -0.15) is 5.10 Å². The molecule has 5 nitrogen and oxygen atoms in total. The minimum absolute atomic E-state index is 0.137. The molecule has 20 heavy (non-hydrogen) atoms. The fraction of sp³-hybridized carbons (Fsp3) is 0.733. The molecule has 1 spiro atoms. The topological polar surface area (TPSA) is 59.0 Å². The van der Waals surface area contributed by atoms with Gasteiger partial charge in [0.05, 0.1) is 5.41 Å². The number of nitrogens with one attached hydrogen (secondary N) is 2. The lowest BCUT2D eigenvalue weighted by atomic mass is 9.85. The van der Waals surface area contributed by atoms with Gasteiger partial charge in [-0.25, -0.2) is 0 Å². The Morgan fingerprint density at radius 3 is 2.90 bits per heavy atom. The molecule has 1 saturated carbocycles. The van der Waals surface area contributed by atoms with Crippen LogP contribution >= 0.6 is 0 Å². The molecule has 0 bridgehead atoms. The summed E-state index contributed by atoms with van der Waals surface area (Å²) in [4.78, 5) is 12.5. The Balaban J connectivity index is 1.51. The van der Waals surface area contributed by atoms with E-state index in [4.69, 9.17) is 0 Å². The van der Waals surface area contributed by atoms with E-state index >= 15 is 0 Å². The number of carbonyl (C=O) groups is 1. The second kappa shape index (κ2) is 4.88. The second-order valence-electron chi connectivity index (χ2n) is 6.49. The van der Waals surface area contributed by atoms with Gasteiger partial charge in [-0.1, -0.05) is 6.92 Å². The molecule has 1 unspecified atom stereocenters. The summed E-state index contributed by atoms with van der Waals surface area (Å²) in [7, 11) is 1.93. The van der Waals surface area contributed by atoms with Crippen molar-refractivity contribution < 1.29 is 4.79 Å². The number of carbonyl (C=O) groups excluding carboxylic acids is 1. The molecule has 1 aromatic heterocycles. The lowest BCUT2D eigenvalue weighted by molar-refractivity contribution is -0.127. The Morgan fingerprint density at radius 1 is 1.50 bits per heavy atom. The van der Waals surface area contributed by atoms with Crippen molar-refractivity contribution in [1.29, 1.82) is 0 Å². The van der Waals surface area contributed by atoms with Crippen LogP contribution in [0.2, 0.25) is 0 Å². The molecule has 2 aliphatic rings. The third-order valence-electron chi connectivity index (χ3n) is 5.39. The summed E-state index contributed by atoms with van der Waals surface area (Å²) in [5.41, 5.74) is 1.29. The number of piperidine rings is 1. The molecule has 2 heterocycles. The van der Waals surface area contributed by atoms with E-state index in [2.05, 4.69) is 22.7 Å². The Labute approximate surface area is 120 Å². The molecular formula is C15H24N4O. The predicted octanol–water partition coefficient (Wildman–Crippen LogP) is 0.859. The van der Waals surface area contributed by atoms with Crippen LogP contribution in [0.25, 0.3) is 0 Å². The van der Waals surface area contributed by atoms with Gasteiger partial charge in [-0.3, -0.25) is 9.48 Å². The molecule has 1 atom stereocenters. The number of aryl methyl sites for hydroxylation is 1. The lowest BCUT2D eigenvalue weighted by Crippen LogP contribution is -2.39. The number of rotatable bonds is 4. The van der Waals surface area contributed by atoms with Crippen molar-refractivity contribution in [2.75, 3.05) is 19.6 Å². The van der Waals surface area contributed by atoms with E-state index in [1.165, 1.54) is 0 Å². The minimum Gasteiger partial charge on any atom is -0.355 e. The zero-order valence-corrected chi connectivity index (χ0v) is 12.4. The number of hydrogen-bond acceptors (Lipinski definition) is 3. The van der Waals surface area contributed by atoms with Crippen LogP contribution in [-0.2, 0) is 18.3 Å². The predicted molar refractivity (Wildman–Crippen MR) is 77.2 cm³/mol. The third kappa shape index (κ3) is 2.14. The first kappa shape index (κ1) is 13.6. The number of hydrogen-bond donors (Lipinski definition) is 2. The number of nitrogens with zero attached hydrogens (tertiary/aromatic N) is 2. The molecule has 110 valence electrons. The Hall–Kier alpha value is -1.36. The first-order valence-electron chi connectivity index (χ1n) is 7.53. The van der Waals surface area contributed by atoms with Gasteiger partial charge in [-0.05, 0) is 43.8 Å². The summed E-state index contributed by atoms with van der Waals surface area (Å²) < 4.78 is 1.86. The molecule has 0 aromatic carbocycles. The summed E-state index contributed by atoms with van der Waals surface area (Å²) in [6, 6.07) is 2.00. The normalized spacial score (nSPS) is 27.5. The molecule has 2 N–H and O–H groups in total. The third-order valence-corrected chi connectivity index (χ3v) is 5.39. The highest BCUT2D eigenvalue weighted by Gasteiger charge is 2.67. The van der Waals surface area contributed by atoms with E-state index < -0.39 is 0 Å². The van der Waals surface area contributed by atoms with Crippen molar-refractivity contribution >= 4 is 5.91 Å². The van der Waals surface area contributed by atoms with Crippen molar-refractivity contribution in [2.45, 2.75) is 32.6 Å². The van der Waals surface area contributed by atoms with Gasteiger partial charge in [0.25, 0.3) is 0 Å². The Morgan fingerprint density at radius 2 is 2.25 bits per heavy atom. The molecule has 5 heteroatoms. The summed E-state index contributed by atoms with van der Waals surface area (Å²) in [6.07, 6.45) is 5.97. The average Bonchev–Trinajstić information content (AvgIpc) is 2.80. The van der Waals surface area contributed by atoms with E-state index in [1.54, 1.807) is 6.20 Å². The largest absolute Gasteiger partial charge is 0.355 e. The first-order valence-corrected chi connectivity index (χ1v) is 7.53. The van der Waals surface area contributed by atoms with E-state index in [9.17, 15) is 4.79 Å². The van der Waals surface area contributed by atoms with Crippen molar-refractivity contribution in [3.8, 4) is 0 Å². The van der Waals surface area contributed by atoms with Crippen molar-refractivity contribution in [2.24, 2.45) is 17.9 Å². The smallest absolute Gasteiger partial charge is 0.226 e. The molecule has 1 aliphatic carbocycles. The van der Waals surface area contributed by atoms with Crippen LogP contribution in [0, 0.1) is 10.8 Å². The maximum Gasteiger partial charge on any atom is 0.226 e. The monoisotopic (exact) mass is 276 g/mol. The highest BCUT2D eigenvalue weighted by Crippen LogP contribution is 2.68. The summed E-state index contributed by atoms with van der Waals surface area (Å²) in [5, 5.41) is 10.6. The fourth-order valence-electron chi connectivity index (χ4n) is 3.73. The summed E-state index contributed by atoms with van der Waals surface area (Å²) >= 11 is 0. The van der Waals surface area contributed by atoms with Crippen LogP contribution in [0.15, 0.2) is 12.3 Å². The van der Waals surface area contributed by atoms with Crippen molar-refractivity contribution in [3.63, 3.8) is 0 Å². The average molecular weight is 276 g/mol. The molecule has 3 rings (SSSR count). The zero-order valence-electron chi connectivity index (χ0n) is 12.4. The van der Waals surface area contributed by atoms with Crippen LogP contribution < -0.4 is 10.6 Å². The van der Waals surface area contributed by atoms with Crippen molar-refractivity contribution in [3.05, 3.63) is 18.0 Å². The number of aromatic nitrogens is 2. The Kier molecular flexibility index (Phi) is 3.32. The maximum atomic E-state index is 12.5. The van der Waals surface area contributed by atoms with Gasteiger partial charge in [0, 0.05) is 31.9 Å². The standard InChI is InChI=1S/C15H24N4O/c1-14(11-15(14)5-9-16-10-6-15)13(20)17-7-3-12-4-8-18-19(12)2/h4,8,16H,3,5-7,9-11H2,1-2H3,(H,17,20). The van der Waals surface area contributed by atoms with Gasteiger partial charge in [-0.15, -0.1) is 0 Å². The zero-order chi connectivity index (χ0) is 14.2. The van der Waals surface area contributed by atoms with Crippen LogP contribution in [0.1, 0.15) is 31.9 Å². The van der Waals surface area contributed by atoms with Crippen LogP contribution in [-0.4, -0.2) is 35.3 Å². The van der Waals surface area contributed by atoms with Gasteiger partial charge < -0.3 is 10.6 Å². The van der Waals surface area contributed by atoms with Gasteiger partial charge in [0.15, 0.2) is 0 Å².